The SMILES string of the molecule is CC1=C(C(=O)Nc2cccnc2)C(c2cccc([N+](=O)[O-])c2)n2nc(-c3ccc(N(C)C)cc3)nc2N1. The highest BCUT2D eigenvalue weighted by molar-refractivity contribution is 6.06. The van der Waals surface area contributed by atoms with Crippen LogP contribution in [-0.4, -0.2) is 44.7 Å². The molecule has 0 bridgehead atoms. The van der Waals surface area contributed by atoms with Gasteiger partial charge in [0.25, 0.3) is 11.6 Å². The number of amides is 1. The average molecular weight is 497 g/mol. The van der Waals surface area contributed by atoms with E-state index in [0.29, 0.717) is 34.3 Å². The lowest BCUT2D eigenvalue weighted by atomic mass is 9.94. The van der Waals surface area contributed by atoms with Crippen molar-refractivity contribution in [3.63, 3.8) is 0 Å². The molecule has 5 rings (SSSR count). The van der Waals surface area contributed by atoms with Crippen molar-refractivity contribution in [2.24, 2.45) is 0 Å². The quantitative estimate of drug-likeness (QED) is 0.299. The maximum atomic E-state index is 13.5. The molecular weight excluding hydrogens is 472 g/mol. The van der Waals surface area contributed by atoms with Gasteiger partial charge in [-0.1, -0.05) is 12.1 Å². The number of nitro groups is 1. The number of hydrogen-bond donors (Lipinski definition) is 2. The monoisotopic (exact) mass is 496 g/mol. The number of pyridine rings is 1. The van der Waals surface area contributed by atoms with Gasteiger partial charge in [0, 0.05) is 49.4 Å². The van der Waals surface area contributed by atoms with Crippen molar-refractivity contribution in [2.45, 2.75) is 13.0 Å². The zero-order valence-electron chi connectivity index (χ0n) is 20.4. The molecule has 1 unspecified atom stereocenters. The van der Waals surface area contributed by atoms with E-state index in [-0.39, 0.29) is 11.6 Å². The summed E-state index contributed by atoms with van der Waals surface area (Å²) in [6, 6.07) is 16.7. The van der Waals surface area contributed by atoms with Gasteiger partial charge in [0.15, 0.2) is 5.82 Å². The van der Waals surface area contributed by atoms with E-state index in [0.717, 1.165) is 11.3 Å². The number of hydrogen-bond acceptors (Lipinski definition) is 8. The second kappa shape index (κ2) is 9.53. The minimum absolute atomic E-state index is 0.0816. The topological polar surface area (TPSA) is 131 Å². The van der Waals surface area contributed by atoms with Gasteiger partial charge in [0.1, 0.15) is 6.04 Å². The molecule has 2 aromatic heterocycles. The van der Waals surface area contributed by atoms with E-state index >= 15 is 0 Å². The van der Waals surface area contributed by atoms with Gasteiger partial charge in [-0.25, -0.2) is 4.68 Å². The highest BCUT2D eigenvalue weighted by Crippen LogP contribution is 2.37. The van der Waals surface area contributed by atoms with Crippen LogP contribution in [0, 0.1) is 10.1 Å². The number of fused-ring (bicyclic) bond motifs is 1. The summed E-state index contributed by atoms with van der Waals surface area (Å²) in [5.74, 6) is 0.510. The summed E-state index contributed by atoms with van der Waals surface area (Å²) >= 11 is 0. The van der Waals surface area contributed by atoms with Crippen molar-refractivity contribution in [1.29, 1.82) is 0 Å². The Morgan fingerprint density at radius 2 is 1.92 bits per heavy atom. The van der Waals surface area contributed by atoms with Gasteiger partial charge in [-0.3, -0.25) is 19.9 Å². The summed E-state index contributed by atoms with van der Waals surface area (Å²) in [7, 11) is 3.92. The number of nitrogens with one attached hydrogen (secondary N) is 2. The zero-order chi connectivity index (χ0) is 26.1. The molecule has 0 radical (unpaired) electrons. The highest BCUT2D eigenvalue weighted by atomic mass is 16.6. The number of anilines is 3. The molecular formula is C26H24N8O3. The van der Waals surface area contributed by atoms with Crippen LogP contribution in [0.15, 0.2) is 84.3 Å². The fourth-order valence-corrected chi connectivity index (χ4v) is 4.23. The van der Waals surface area contributed by atoms with Crippen LogP contribution >= 0.6 is 0 Å². The number of non-ortho nitro benzene ring substituents is 1. The second-order valence-electron chi connectivity index (χ2n) is 8.76. The fraction of sp³-hybridized carbons (Fsp3) is 0.154. The van der Waals surface area contributed by atoms with Gasteiger partial charge >= 0.3 is 0 Å². The molecule has 3 heterocycles. The van der Waals surface area contributed by atoms with Crippen molar-refractivity contribution >= 4 is 28.9 Å². The number of rotatable bonds is 6. The summed E-state index contributed by atoms with van der Waals surface area (Å²) in [6.07, 6.45) is 3.16. The molecule has 1 atom stereocenters. The maximum absolute atomic E-state index is 13.5. The predicted octanol–water partition coefficient (Wildman–Crippen LogP) is 4.24. The Bertz CT molecular complexity index is 1510. The second-order valence-corrected chi connectivity index (χ2v) is 8.76. The Morgan fingerprint density at radius 3 is 2.59 bits per heavy atom. The number of nitrogens with zero attached hydrogens (tertiary/aromatic N) is 6. The first-order chi connectivity index (χ1) is 17.8. The van der Waals surface area contributed by atoms with Crippen LogP contribution in [0.25, 0.3) is 11.4 Å². The molecule has 4 aromatic rings. The molecule has 11 heteroatoms. The van der Waals surface area contributed by atoms with Crippen LogP contribution in [0.3, 0.4) is 0 Å². The third-order valence-corrected chi connectivity index (χ3v) is 6.06. The van der Waals surface area contributed by atoms with Crippen LogP contribution in [0.5, 0.6) is 0 Å². The molecule has 0 spiro atoms. The maximum Gasteiger partial charge on any atom is 0.269 e. The molecule has 1 aliphatic rings. The van der Waals surface area contributed by atoms with Crippen LogP contribution < -0.4 is 15.5 Å². The average Bonchev–Trinajstić information content (AvgIpc) is 3.32. The van der Waals surface area contributed by atoms with Gasteiger partial charge in [0.05, 0.1) is 22.4 Å². The van der Waals surface area contributed by atoms with Gasteiger partial charge in [-0.15, -0.1) is 5.10 Å². The Kier molecular flexibility index (Phi) is 6.10. The summed E-state index contributed by atoms with van der Waals surface area (Å²) in [6.45, 7) is 1.77. The van der Waals surface area contributed by atoms with E-state index in [9.17, 15) is 14.9 Å². The third kappa shape index (κ3) is 4.61. The lowest BCUT2D eigenvalue weighted by Crippen LogP contribution is -2.31. The minimum Gasteiger partial charge on any atom is -0.378 e. The Morgan fingerprint density at radius 1 is 1.14 bits per heavy atom. The number of benzene rings is 2. The Hall–Kier alpha value is -5.06. The first-order valence-electron chi connectivity index (χ1n) is 11.5. The van der Waals surface area contributed by atoms with Gasteiger partial charge in [-0.05, 0) is 48.9 Å². The van der Waals surface area contributed by atoms with Crippen molar-refractivity contribution < 1.29 is 9.72 Å². The fourth-order valence-electron chi connectivity index (χ4n) is 4.23. The normalized spacial score (nSPS) is 14.5. The first kappa shape index (κ1) is 23.7. The van der Waals surface area contributed by atoms with Gasteiger partial charge in [0.2, 0.25) is 5.95 Å². The van der Waals surface area contributed by atoms with E-state index < -0.39 is 11.0 Å². The molecule has 0 saturated carbocycles. The molecule has 1 amide bonds. The van der Waals surface area contributed by atoms with Crippen molar-refractivity contribution in [3.05, 3.63) is 100 Å². The molecule has 186 valence electrons. The highest BCUT2D eigenvalue weighted by Gasteiger charge is 2.35. The van der Waals surface area contributed by atoms with Crippen molar-refractivity contribution in [2.75, 3.05) is 29.6 Å². The predicted molar refractivity (Wildman–Crippen MR) is 140 cm³/mol. The van der Waals surface area contributed by atoms with E-state index in [1.165, 1.54) is 12.1 Å². The van der Waals surface area contributed by atoms with E-state index in [1.54, 1.807) is 48.3 Å². The molecule has 0 aliphatic carbocycles. The van der Waals surface area contributed by atoms with Crippen LogP contribution in [-0.2, 0) is 4.79 Å². The lowest BCUT2D eigenvalue weighted by molar-refractivity contribution is -0.384. The molecule has 2 aromatic carbocycles. The standard InChI is InChI=1S/C26H24N8O3/c1-16-22(25(35)29-19-7-5-13-27-15-19)23(18-6-4-8-21(14-18)34(36)37)33-26(28-16)30-24(31-33)17-9-11-20(12-10-17)32(2)3/h4-15,23H,1-3H3,(H,29,35)(H,28,30,31). The number of carbonyl (C=O) groups is 1. The molecule has 0 saturated heterocycles. The zero-order valence-corrected chi connectivity index (χ0v) is 20.4. The van der Waals surface area contributed by atoms with Crippen LogP contribution in [0.4, 0.5) is 23.0 Å². The molecule has 0 fully saturated rings. The number of aromatic nitrogens is 4. The van der Waals surface area contributed by atoms with E-state index in [4.69, 9.17) is 5.10 Å². The largest absolute Gasteiger partial charge is 0.378 e. The van der Waals surface area contributed by atoms with Gasteiger partial charge < -0.3 is 15.5 Å². The third-order valence-electron chi connectivity index (χ3n) is 6.06. The van der Waals surface area contributed by atoms with E-state index in [1.807, 2.05) is 43.3 Å². The lowest BCUT2D eigenvalue weighted by Gasteiger charge is -2.28. The molecule has 2 N–H and O–H groups in total. The number of allylic oxidation sites excluding steroid dienone is 1. The van der Waals surface area contributed by atoms with Gasteiger partial charge in [-0.2, -0.15) is 4.98 Å². The van der Waals surface area contributed by atoms with E-state index in [2.05, 4.69) is 20.6 Å². The Labute approximate surface area is 212 Å². The summed E-state index contributed by atoms with van der Waals surface area (Å²) < 4.78 is 1.60. The smallest absolute Gasteiger partial charge is 0.269 e. The molecule has 37 heavy (non-hydrogen) atoms. The summed E-state index contributed by atoms with van der Waals surface area (Å²) in [5, 5.41) is 22.3. The summed E-state index contributed by atoms with van der Waals surface area (Å²) in [4.78, 5) is 35.3. The Balaban J connectivity index is 1.60. The minimum atomic E-state index is -0.755. The van der Waals surface area contributed by atoms with Crippen molar-refractivity contribution in [1.82, 2.24) is 19.7 Å². The number of nitro benzene ring substituents is 1. The molecule has 11 nitrogen and oxygen atoms in total. The molecule has 1 aliphatic heterocycles. The van der Waals surface area contributed by atoms with Crippen LogP contribution in [0.2, 0.25) is 0 Å². The number of carbonyl (C=O) groups excluding carboxylic acids is 1. The first-order valence-corrected chi connectivity index (χ1v) is 11.5. The summed E-state index contributed by atoms with van der Waals surface area (Å²) in [5.41, 5.74) is 3.73. The van der Waals surface area contributed by atoms with Crippen LogP contribution in [0.1, 0.15) is 18.5 Å². The van der Waals surface area contributed by atoms with Crippen molar-refractivity contribution in [3.8, 4) is 11.4 Å².